The minimum atomic E-state index is -0.775. The fourth-order valence-electron chi connectivity index (χ4n) is 1.47. The normalized spacial score (nSPS) is 11.4. The Hall–Kier alpha value is -1.49. The third kappa shape index (κ3) is 5.79. The van der Waals surface area contributed by atoms with Gasteiger partial charge in [0.25, 0.3) is 0 Å². The molecule has 0 bridgehead atoms. The minimum Gasteiger partial charge on any atom is -0.320 e. The van der Waals surface area contributed by atoms with E-state index in [2.05, 4.69) is 31.4 Å². The highest BCUT2D eigenvalue weighted by Crippen LogP contribution is 2.18. The van der Waals surface area contributed by atoms with Crippen molar-refractivity contribution in [3.63, 3.8) is 0 Å². The minimum absolute atomic E-state index is 0.0316. The van der Waals surface area contributed by atoms with Crippen LogP contribution in [0.1, 0.15) is 27.2 Å². The summed E-state index contributed by atoms with van der Waals surface area (Å²) in [5.74, 6) is -2.01. The highest BCUT2D eigenvalue weighted by atomic mass is 19.1. The second-order valence-corrected chi connectivity index (χ2v) is 5.63. The average Bonchev–Trinajstić information content (AvgIpc) is 2.28. The predicted octanol–water partition coefficient (Wildman–Crippen LogP) is 2.93. The van der Waals surface area contributed by atoms with Gasteiger partial charge in [-0.05, 0) is 30.5 Å². The quantitative estimate of drug-likeness (QED) is 0.808. The molecular weight excluding hydrogens is 250 g/mol. The predicted molar refractivity (Wildman–Crippen MR) is 71.9 cm³/mol. The van der Waals surface area contributed by atoms with Crippen molar-refractivity contribution in [3.8, 4) is 0 Å². The molecule has 0 aliphatic heterocycles. The number of benzene rings is 1. The first-order valence-electron chi connectivity index (χ1n) is 6.24. The lowest BCUT2D eigenvalue weighted by atomic mass is 9.92. The van der Waals surface area contributed by atoms with Crippen molar-refractivity contribution >= 4 is 11.6 Å². The van der Waals surface area contributed by atoms with E-state index in [-0.39, 0.29) is 12.0 Å². The Labute approximate surface area is 112 Å². The van der Waals surface area contributed by atoms with Crippen LogP contribution in [-0.4, -0.2) is 19.0 Å². The molecule has 5 heteroatoms. The number of rotatable bonds is 5. The van der Waals surface area contributed by atoms with Crippen LogP contribution in [0.2, 0.25) is 0 Å². The van der Waals surface area contributed by atoms with E-state index < -0.39 is 23.2 Å². The van der Waals surface area contributed by atoms with Gasteiger partial charge in [0.15, 0.2) is 0 Å². The van der Waals surface area contributed by atoms with Gasteiger partial charge in [0.1, 0.15) is 17.3 Å². The van der Waals surface area contributed by atoms with E-state index in [0.29, 0.717) is 6.54 Å². The maximum atomic E-state index is 13.3. The van der Waals surface area contributed by atoms with E-state index in [1.165, 1.54) is 6.07 Å². The molecule has 106 valence electrons. The molecule has 0 saturated carbocycles. The summed E-state index contributed by atoms with van der Waals surface area (Å²) in [5.41, 5.74) is -0.216. The summed E-state index contributed by atoms with van der Waals surface area (Å²) in [4.78, 5) is 11.5. The Kier molecular flexibility index (Phi) is 5.42. The molecule has 1 aromatic rings. The Bertz CT molecular complexity index is 421. The van der Waals surface area contributed by atoms with Crippen LogP contribution in [0.25, 0.3) is 0 Å². The lowest BCUT2D eigenvalue weighted by Gasteiger charge is -2.18. The summed E-state index contributed by atoms with van der Waals surface area (Å²) in [6.07, 6.45) is 0.911. The summed E-state index contributed by atoms with van der Waals surface area (Å²) in [5, 5.41) is 5.17. The summed E-state index contributed by atoms with van der Waals surface area (Å²) < 4.78 is 26.6. The molecule has 0 atom stereocenters. The Balaban J connectivity index is 2.40. The Morgan fingerprint density at radius 2 is 1.79 bits per heavy atom. The van der Waals surface area contributed by atoms with Gasteiger partial charge >= 0.3 is 0 Å². The molecule has 0 aliphatic carbocycles. The number of carbonyl (C=O) groups excluding carboxylic acids is 1. The van der Waals surface area contributed by atoms with E-state index in [4.69, 9.17) is 0 Å². The van der Waals surface area contributed by atoms with Gasteiger partial charge in [-0.3, -0.25) is 4.79 Å². The van der Waals surface area contributed by atoms with Gasteiger partial charge in [0, 0.05) is 0 Å². The van der Waals surface area contributed by atoms with E-state index in [1.807, 2.05) is 0 Å². The zero-order valence-electron chi connectivity index (χ0n) is 11.5. The first-order valence-corrected chi connectivity index (χ1v) is 6.24. The number of nitrogens with one attached hydrogen (secondary N) is 2. The summed E-state index contributed by atoms with van der Waals surface area (Å²) in [6, 6.07) is 3.46. The Morgan fingerprint density at radius 1 is 1.21 bits per heavy atom. The monoisotopic (exact) mass is 270 g/mol. The van der Waals surface area contributed by atoms with Crippen molar-refractivity contribution in [2.45, 2.75) is 27.2 Å². The molecule has 0 aliphatic rings. The smallest absolute Gasteiger partial charge is 0.238 e. The lowest BCUT2D eigenvalue weighted by Crippen LogP contribution is -2.30. The highest BCUT2D eigenvalue weighted by Gasteiger charge is 2.12. The summed E-state index contributed by atoms with van der Waals surface area (Å²) in [7, 11) is 0. The van der Waals surface area contributed by atoms with Gasteiger partial charge in [-0.25, -0.2) is 8.78 Å². The van der Waals surface area contributed by atoms with Crippen molar-refractivity contribution in [1.82, 2.24) is 5.32 Å². The first-order chi connectivity index (χ1) is 8.79. The third-order valence-corrected chi connectivity index (χ3v) is 2.56. The molecule has 0 saturated heterocycles. The molecule has 0 radical (unpaired) electrons. The van der Waals surface area contributed by atoms with E-state index >= 15 is 0 Å². The number of halogens is 2. The van der Waals surface area contributed by atoms with Gasteiger partial charge in [-0.1, -0.05) is 26.8 Å². The summed E-state index contributed by atoms with van der Waals surface area (Å²) in [6.45, 7) is 7.01. The van der Waals surface area contributed by atoms with Gasteiger partial charge in [0.2, 0.25) is 5.91 Å². The topological polar surface area (TPSA) is 41.1 Å². The standard InChI is InChI=1S/C14H20F2N2O/c1-14(2,3)7-8-17-9-12(19)18-13-10(15)5-4-6-11(13)16/h4-6,17H,7-9H2,1-3H3,(H,18,19). The van der Waals surface area contributed by atoms with Crippen molar-refractivity contribution in [1.29, 1.82) is 0 Å². The second kappa shape index (κ2) is 6.61. The van der Waals surface area contributed by atoms with Crippen LogP contribution >= 0.6 is 0 Å². The van der Waals surface area contributed by atoms with Crippen LogP contribution in [0, 0.1) is 17.0 Å². The lowest BCUT2D eigenvalue weighted by molar-refractivity contribution is -0.115. The molecule has 3 nitrogen and oxygen atoms in total. The van der Waals surface area contributed by atoms with Crippen LogP contribution in [0.4, 0.5) is 14.5 Å². The van der Waals surface area contributed by atoms with Gasteiger partial charge < -0.3 is 10.6 Å². The summed E-state index contributed by atoms with van der Waals surface area (Å²) >= 11 is 0. The molecule has 0 fully saturated rings. The fourth-order valence-corrected chi connectivity index (χ4v) is 1.47. The molecule has 0 heterocycles. The van der Waals surface area contributed by atoms with Crippen LogP contribution in [0.3, 0.4) is 0 Å². The SMILES string of the molecule is CC(C)(C)CCNCC(=O)Nc1c(F)cccc1F. The number of carbonyl (C=O) groups is 1. The molecule has 1 amide bonds. The number of para-hydroxylation sites is 1. The molecule has 0 unspecified atom stereocenters. The van der Waals surface area contributed by atoms with Crippen molar-refractivity contribution in [2.75, 3.05) is 18.4 Å². The zero-order valence-corrected chi connectivity index (χ0v) is 11.5. The van der Waals surface area contributed by atoms with Gasteiger partial charge in [0.05, 0.1) is 6.54 Å². The van der Waals surface area contributed by atoms with Crippen molar-refractivity contribution in [2.24, 2.45) is 5.41 Å². The maximum absolute atomic E-state index is 13.3. The Morgan fingerprint density at radius 3 is 2.32 bits per heavy atom. The van der Waals surface area contributed by atoms with E-state index in [0.717, 1.165) is 18.6 Å². The fraction of sp³-hybridized carbons (Fsp3) is 0.500. The van der Waals surface area contributed by atoms with Crippen LogP contribution in [0.15, 0.2) is 18.2 Å². The van der Waals surface area contributed by atoms with Gasteiger partial charge in [-0.2, -0.15) is 0 Å². The molecule has 1 aromatic carbocycles. The molecule has 0 spiro atoms. The highest BCUT2D eigenvalue weighted by molar-refractivity contribution is 5.92. The number of anilines is 1. The average molecular weight is 270 g/mol. The first kappa shape index (κ1) is 15.6. The van der Waals surface area contributed by atoms with Crippen molar-refractivity contribution in [3.05, 3.63) is 29.8 Å². The van der Waals surface area contributed by atoms with E-state index in [9.17, 15) is 13.6 Å². The molecule has 19 heavy (non-hydrogen) atoms. The molecule has 0 aromatic heterocycles. The zero-order chi connectivity index (χ0) is 14.5. The third-order valence-electron chi connectivity index (χ3n) is 2.56. The largest absolute Gasteiger partial charge is 0.320 e. The van der Waals surface area contributed by atoms with Crippen molar-refractivity contribution < 1.29 is 13.6 Å². The maximum Gasteiger partial charge on any atom is 0.238 e. The number of hydrogen-bond acceptors (Lipinski definition) is 2. The van der Waals surface area contributed by atoms with E-state index in [1.54, 1.807) is 0 Å². The second-order valence-electron chi connectivity index (χ2n) is 5.63. The van der Waals surface area contributed by atoms with Gasteiger partial charge in [-0.15, -0.1) is 0 Å². The molecule has 1 rings (SSSR count). The number of amides is 1. The molecular formula is C14H20F2N2O. The van der Waals surface area contributed by atoms with Crippen LogP contribution in [-0.2, 0) is 4.79 Å². The number of hydrogen-bond donors (Lipinski definition) is 2. The molecule has 2 N–H and O–H groups in total. The van der Waals surface area contributed by atoms with Crippen LogP contribution < -0.4 is 10.6 Å². The van der Waals surface area contributed by atoms with Crippen LogP contribution in [0.5, 0.6) is 0 Å².